The predicted molar refractivity (Wildman–Crippen MR) is 76.5 cm³/mol. The molecule has 0 amide bonds. The lowest BCUT2D eigenvalue weighted by atomic mass is 10.3. The summed E-state index contributed by atoms with van der Waals surface area (Å²) in [5, 5.41) is 6.25. The molecule has 0 unspecified atom stereocenters. The molecule has 2 rings (SSSR count). The van der Waals surface area contributed by atoms with Crippen molar-refractivity contribution in [1.82, 2.24) is 9.97 Å². The average molecular weight is 259 g/mol. The van der Waals surface area contributed by atoms with Crippen LogP contribution in [0.2, 0.25) is 0 Å². The number of nitrogens with one attached hydrogen (secondary N) is 2. The molecule has 0 aliphatic rings. The Morgan fingerprint density at radius 2 is 1.89 bits per heavy atom. The lowest BCUT2D eigenvalue weighted by Gasteiger charge is -2.12. The van der Waals surface area contributed by atoms with Gasteiger partial charge in [0.05, 0.1) is 6.61 Å². The first-order valence-corrected chi connectivity index (χ1v) is 5.96. The fraction of sp³-hybridized carbons (Fsp3) is 0.231. The molecule has 0 saturated carbocycles. The first kappa shape index (κ1) is 13.1. The summed E-state index contributed by atoms with van der Waals surface area (Å²) < 4.78 is 4.97. The van der Waals surface area contributed by atoms with Crippen LogP contribution in [-0.2, 0) is 4.74 Å². The molecule has 0 atom stereocenters. The summed E-state index contributed by atoms with van der Waals surface area (Å²) in [4.78, 5) is 8.25. The fourth-order valence-electron chi connectivity index (χ4n) is 1.57. The predicted octanol–water partition coefficient (Wildman–Crippen LogP) is 1.86. The van der Waals surface area contributed by atoms with E-state index in [9.17, 15) is 0 Å². The Hall–Kier alpha value is -2.34. The molecule has 6 nitrogen and oxygen atoms in total. The lowest BCUT2D eigenvalue weighted by molar-refractivity contribution is 0.210. The highest BCUT2D eigenvalue weighted by Crippen LogP contribution is 2.25. The van der Waals surface area contributed by atoms with Crippen molar-refractivity contribution in [2.75, 3.05) is 36.6 Å². The minimum atomic E-state index is 0.488. The van der Waals surface area contributed by atoms with Crippen molar-refractivity contribution in [1.29, 1.82) is 0 Å². The van der Waals surface area contributed by atoms with Crippen LogP contribution in [0.3, 0.4) is 0 Å². The van der Waals surface area contributed by atoms with Crippen molar-refractivity contribution in [3.8, 4) is 0 Å². The molecular weight excluding hydrogens is 242 g/mol. The van der Waals surface area contributed by atoms with Gasteiger partial charge < -0.3 is 21.1 Å². The van der Waals surface area contributed by atoms with E-state index in [1.54, 1.807) is 7.11 Å². The van der Waals surface area contributed by atoms with E-state index >= 15 is 0 Å². The zero-order chi connectivity index (χ0) is 13.5. The van der Waals surface area contributed by atoms with Gasteiger partial charge >= 0.3 is 0 Å². The van der Waals surface area contributed by atoms with Crippen LogP contribution < -0.4 is 16.4 Å². The van der Waals surface area contributed by atoms with Crippen molar-refractivity contribution in [3.63, 3.8) is 0 Å². The zero-order valence-electron chi connectivity index (χ0n) is 10.8. The Balaban J connectivity index is 2.11. The quantitative estimate of drug-likeness (QED) is 0.687. The van der Waals surface area contributed by atoms with Crippen LogP contribution >= 0.6 is 0 Å². The maximum absolute atomic E-state index is 6.02. The average Bonchev–Trinajstić information content (AvgIpc) is 2.44. The highest BCUT2D eigenvalue weighted by atomic mass is 16.5. The second-order valence-corrected chi connectivity index (χ2v) is 3.90. The summed E-state index contributed by atoms with van der Waals surface area (Å²) in [6.07, 6.45) is 1.47. The Labute approximate surface area is 112 Å². The standard InChI is InChI=1S/C13H17N5O/c1-19-8-7-15-12-11(14)13(17-9-16-12)18-10-5-3-2-4-6-10/h2-6,9H,7-8,14H2,1H3,(H2,15,16,17,18). The Morgan fingerprint density at radius 3 is 2.63 bits per heavy atom. The van der Waals surface area contributed by atoms with E-state index < -0.39 is 0 Å². The third-order valence-electron chi connectivity index (χ3n) is 2.52. The monoisotopic (exact) mass is 259 g/mol. The number of nitrogen functional groups attached to an aromatic ring is 1. The Bertz CT molecular complexity index is 518. The summed E-state index contributed by atoms with van der Waals surface area (Å²) in [6, 6.07) is 9.72. The topological polar surface area (TPSA) is 85.1 Å². The number of nitrogens with zero attached hydrogens (tertiary/aromatic N) is 2. The van der Waals surface area contributed by atoms with E-state index in [0.717, 1.165) is 5.69 Å². The van der Waals surface area contributed by atoms with Gasteiger partial charge in [0, 0.05) is 19.3 Å². The van der Waals surface area contributed by atoms with Gasteiger partial charge in [-0.15, -0.1) is 0 Å². The van der Waals surface area contributed by atoms with Crippen LogP contribution in [0.1, 0.15) is 0 Å². The number of hydrogen-bond acceptors (Lipinski definition) is 6. The van der Waals surface area contributed by atoms with Crippen LogP contribution in [-0.4, -0.2) is 30.2 Å². The summed E-state index contributed by atoms with van der Waals surface area (Å²) in [5.74, 6) is 1.19. The van der Waals surface area contributed by atoms with E-state index in [4.69, 9.17) is 10.5 Å². The molecule has 0 aliphatic heterocycles. The summed E-state index contributed by atoms with van der Waals surface area (Å²) in [5.41, 5.74) is 7.44. The van der Waals surface area contributed by atoms with Gasteiger partial charge in [-0.25, -0.2) is 9.97 Å². The number of rotatable bonds is 6. The molecular formula is C13H17N5O. The van der Waals surface area contributed by atoms with Crippen LogP contribution in [0.25, 0.3) is 0 Å². The van der Waals surface area contributed by atoms with E-state index in [2.05, 4.69) is 20.6 Å². The van der Waals surface area contributed by atoms with Crippen molar-refractivity contribution in [2.45, 2.75) is 0 Å². The van der Waals surface area contributed by atoms with Crippen LogP contribution in [0.5, 0.6) is 0 Å². The SMILES string of the molecule is COCCNc1ncnc(Nc2ccccc2)c1N. The third kappa shape index (κ3) is 3.56. The Kier molecular flexibility index (Phi) is 4.52. The molecule has 2 aromatic rings. The van der Waals surface area contributed by atoms with Crippen molar-refractivity contribution >= 4 is 23.0 Å². The van der Waals surface area contributed by atoms with Gasteiger partial charge in [-0.1, -0.05) is 18.2 Å². The van der Waals surface area contributed by atoms with E-state index in [1.165, 1.54) is 6.33 Å². The lowest BCUT2D eigenvalue weighted by Crippen LogP contribution is -2.12. The number of hydrogen-bond donors (Lipinski definition) is 3. The molecule has 0 aliphatic carbocycles. The van der Waals surface area contributed by atoms with E-state index in [1.807, 2.05) is 30.3 Å². The van der Waals surface area contributed by atoms with Crippen LogP contribution in [0, 0.1) is 0 Å². The maximum atomic E-state index is 6.02. The van der Waals surface area contributed by atoms with Gasteiger partial charge in [0.1, 0.15) is 12.0 Å². The number of para-hydroxylation sites is 1. The van der Waals surface area contributed by atoms with Crippen molar-refractivity contribution in [2.24, 2.45) is 0 Å². The molecule has 1 heterocycles. The molecule has 1 aromatic carbocycles. The van der Waals surface area contributed by atoms with Crippen LogP contribution in [0.15, 0.2) is 36.7 Å². The molecule has 0 bridgehead atoms. The molecule has 0 spiro atoms. The first-order valence-electron chi connectivity index (χ1n) is 5.96. The van der Waals surface area contributed by atoms with Gasteiger partial charge in [0.15, 0.2) is 11.6 Å². The van der Waals surface area contributed by atoms with Crippen molar-refractivity contribution < 1.29 is 4.74 Å². The van der Waals surface area contributed by atoms with Gasteiger partial charge in [-0.2, -0.15) is 0 Å². The van der Waals surface area contributed by atoms with E-state index in [-0.39, 0.29) is 0 Å². The van der Waals surface area contributed by atoms with Gasteiger partial charge in [0.25, 0.3) is 0 Å². The normalized spacial score (nSPS) is 10.2. The summed E-state index contributed by atoms with van der Waals surface area (Å²) in [7, 11) is 1.65. The minimum Gasteiger partial charge on any atom is -0.393 e. The van der Waals surface area contributed by atoms with Gasteiger partial charge in [0.2, 0.25) is 0 Å². The number of methoxy groups -OCH3 is 1. The molecule has 100 valence electrons. The smallest absolute Gasteiger partial charge is 0.159 e. The number of ether oxygens (including phenoxy) is 1. The zero-order valence-corrected chi connectivity index (χ0v) is 10.8. The molecule has 0 radical (unpaired) electrons. The molecule has 6 heteroatoms. The molecule has 19 heavy (non-hydrogen) atoms. The highest BCUT2D eigenvalue weighted by molar-refractivity contribution is 5.77. The second kappa shape index (κ2) is 6.55. The van der Waals surface area contributed by atoms with Crippen molar-refractivity contribution in [3.05, 3.63) is 36.7 Å². The van der Waals surface area contributed by atoms with Gasteiger partial charge in [-0.3, -0.25) is 0 Å². The molecule has 4 N–H and O–H groups in total. The number of benzene rings is 1. The van der Waals surface area contributed by atoms with Gasteiger partial charge in [-0.05, 0) is 12.1 Å². The highest BCUT2D eigenvalue weighted by Gasteiger charge is 2.07. The largest absolute Gasteiger partial charge is 0.393 e. The van der Waals surface area contributed by atoms with E-state index in [0.29, 0.717) is 30.5 Å². The molecule has 0 fully saturated rings. The number of nitrogens with two attached hydrogens (primary N) is 1. The summed E-state index contributed by atoms with van der Waals surface area (Å²) >= 11 is 0. The number of anilines is 4. The first-order chi connectivity index (χ1) is 9.31. The second-order valence-electron chi connectivity index (χ2n) is 3.90. The fourth-order valence-corrected chi connectivity index (χ4v) is 1.57. The minimum absolute atomic E-state index is 0.488. The number of aromatic nitrogens is 2. The maximum Gasteiger partial charge on any atom is 0.159 e. The van der Waals surface area contributed by atoms with Crippen LogP contribution in [0.4, 0.5) is 23.0 Å². The molecule has 0 saturated heterocycles. The third-order valence-corrected chi connectivity index (χ3v) is 2.52. The molecule has 1 aromatic heterocycles. The summed E-state index contributed by atoms with van der Waals surface area (Å²) in [6.45, 7) is 1.23. The Morgan fingerprint density at radius 1 is 1.16 bits per heavy atom.